The van der Waals surface area contributed by atoms with Crippen LogP contribution >= 0.6 is 0 Å². The van der Waals surface area contributed by atoms with Crippen molar-refractivity contribution in [2.75, 3.05) is 27.8 Å². The molecule has 9 N–H and O–H groups in total. The van der Waals surface area contributed by atoms with E-state index in [2.05, 4.69) is 10.1 Å². The third-order valence-corrected chi connectivity index (χ3v) is 9.88. The first-order valence-corrected chi connectivity index (χ1v) is 15.0. The number of nitrogens with one attached hydrogen (secondary N) is 1. The molecule has 49 heavy (non-hydrogen) atoms. The van der Waals surface area contributed by atoms with Crippen LogP contribution in [0.1, 0.15) is 32.7 Å². The largest absolute Gasteiger partial charge is 0.507 e. The van der Waals surface area contributed by atoms with Crippen LogP contribution in [0.2, 0.25) is 0 Å². The molecule has 2 saturated carbocycles. The lowest BCUT2D eigenvalue weighted by Gasteiger charge is -2.60. The minimum atomic E-state index is -2.87. The summed E-state index contributed by atoms with van der Waals surface area (Å²) in [5.74, 6) is -12.4. The van der Waals surface area contributed by atoms with E-state index in [0.29, 0.717) is 11.1 Å². The number of carbonyl (C=O) groups is 7. The molecule has 4 unspecified atom stereocenters. The maximum Gasteiger partial charge on any atom is 0.330 e. The number of phenolic OH excluding ortho intramolecular Hbond substituents is 1. The average Bonchev–Trinajstić information content (AvgIpc) is 3.02. The summed E-state index contributed by atoms with van der Waals surface area (Å²) in [5, 5.41) is 33.4. The normalized spacial score (nSPS) is 29.6. The van der Waals surface area contributed by atoms with E-state index >= 15 is 0 Å². The Morgan fingerprint density at radius 1 is 1.12 bits per heavy atom. The molecule has 0 aliphatic heterocycles. The average molecular weight is 675 g/mol. The SMILES string of the molecule is COC(=O)C(CO)NC(=O)c1cccc(-c2ccc(O)c3c2C[C@@]2(N)C[C@@]4(N)C(N(C)C)C(=O)C(C(N)=O)C(=O)[C@@]4(C#N)C(=O)C2C3=O)c1. The number of hydrogen-bond acceptors (Lipinski definition) is 14. The lowest BCUT2D eigenvalue weighted by Crippen LogP contribution is -2.85. The summed E-state index contributed by atoms with van der Waals surface area (Å²) in [4.78, 5) is 94.9. The van der Waals surface area contributed by atoms with Gasteiger partial charge >= 0.3 is 5.97 Å². The van der Waals surface area contributed by atoms with Crippen molar-refractivity contribution < 1.29 is 48.5 Å². The highest BCUT2D eigenvalue weighted by Crippen LogP contribution is 2.57. The van der Waals surface area contributed by atoms with Gasteiger partial charge in [0.2, 0.25) is 5.91 Å². The van der Waals surface area contributed by atoms with E-state index < -0.39 is 100 Å². The second kappa shape index (κ2) is 12.0. The molecule has 16 nitrogen and oxygen atoms in total. The number of nitriles is 1. The molecule has 0 saturated heterocycles. The summed E-state index contributed by atoms with van der Waals surface area (Å²) in [6.45, 7) is -0.727. The molecule has 5 rings (SSSR count). The van der Waals surface area contributed by atoms with Crippen LogP contribution in [0.25, 0.3) is 11.1 Å². The van der Waals surface area contributed by atoms with Crippen LogP contribution in [0.15, 0.2) is 36.4 Å². The van der Waals surface area contributed by atoms with E-state index in [1.807, 2.05) is 0 Å². The minimum absolute atomic E-state index is 0.0498. The van der Waals surface area contributed by atoms with Crippen molar-refractivity contribution >= 4 is 40.9 Å². The number of Topliss-reactive ketones (excluding diaryl/α,β-unsaturated/α-hetero) is 4. The Morgan fingerprint density at radius 3 is 2.37 bits per heavy atom. The number of carbonyl (C=O) groups excluding carboxylic acids is 7. The molecule has 0 radical (unpaired) electrons. The van der Waals surface area contributed by atoms with Crippen molar-refractivity contribution in [1.82, 2.24) is 10.2 Å². The summed E-state index contributed by atoms with van der Waals surface area (Å²) in [5.41, 5.74) is 12.7. The zero-order chi connectivity index (χ0) is 36.4. The number of aliphatic hydroxyl groups excluding tert-OH is 1. The predicted octanol–water partition coefficient (Wildman–Crippen LogP) is -2.26. The number of aliphatic hydroxyl groups is 1. The molecule has 0 bridgehead atoms. The standard InChI is InChI=1S/C33H34N6O10/c1-39(2)25-24(43)21(28(35)46)26(44)32(13-34)27(45)22-23(42)20-17(10-31(22,36)12-33(25,32)37)16(7-8-19(20)41)14-5-4-6-15(9-14)29(47)38-18(11-40)30(48)49-3/h4-9,18,21-22,25,40-41H,10-12,36-37H2,1-3H3,(H2,35,46)(H,38,47)/t18?,21?,22?,25?,31-,32+,33-/m1/s1. The Bertz CT molecular complexity index is 1900. The molecular formula is C33H34N6O10. The topological polar surface area (TPSA) is 286 Å². The molecule has 256 valence electrons. The highest BCUT2D eigenvalue weighted by molar-refractivity contribution is 6.33. The molecule has 2 aromatic rings. The van der Waals surface area contributed by atoms with Gasteiger partial charge in [-0.25, -0.2) is 4.79 Å². The lowest BCUT2D eigenvalue weighted by molar-refractivity contribution is -0.166. The van der Waals surface area contributed by atoms with Crippen LogP contribution in [-0.4, -0.2) is 107 Å². The molecule has 3 aliphatic rings. The van der Waals surface area contributed by atoms with E-state index in [9.17, 15) is 49.0 Å². The van der Waals surface area contributed by atoms with Crippen LogP contribution in [0.3, 0.4) is 0 Å². The Hall–Kier alpha value is -5.34. The zero-order valence-electron chi connectivity index (χ0n) is 26.7. The van der Waals surface area contributed by atoms with E-state index in [1.165, 1.54) is 49.3 Å². The third-order valence-electron chi connectivity index (χ3n) is 9.88. The Kier molecular flexibility index (Phi) is 8.54. The smallest absolute Gasteiger partial charge is 0.330 e. The van der Waals surface area contributed by atoms with Gasteiger partial charge in [0.15, 0.2) is 40.5 Å². The van der Waals surface area contributed by atoms with Gasteiger partial charge in [0.25, 0.3) is 5.91 Å². The second-order valence-electron chi connectivity index (χ2n) is 12.9. The number of aromatic hydroxyl groups is 1. The van der Waals surface area contributed by atoms with Crippen LogP contribution in [0.4, 0.5) is 0 Å². The van der Waals surface area contributed by atoms with Crippen molar-refractivity contribution in [3.63, 3.8) is 0 Å². The molecule has 3 aliphatic carbocycles. The number of rotatable bonds is 7. The molecule has 0 aromatic heterocycles. The van der Waals surface area contributed by atoms with Gasteiger partial charge in [-0.1, -0.05) is 18.2 Å². The van der Waals surface area contributed by atoms with Gasteiger partial charge in [-0.05, 0) is 61.8 Å². The zero-order valence-corrected chi connectivity index (χ0v) is 26.7. The summed E-state index contributed by atoms with van der Waals surface area (Å²) < 4.78 is 4.59. The van der Waals surface area contributed by atoms with Crippen LogP contribution in [-0.2, 0) is 35.1 Å². The fraction of sp³-hybridized carbons (Fsp3) is 0.394. The van der Waals surface area contributed by atoms with E-state index in [1.54, 1.807) is 12.1 Å². The van der Waals surface area contributed by atoms with E-state index in [0.717, 1.165) is 7.11 Å². The monoisotopic (exact) mass is 674 g/mol. The van der Waals surface area contributed by atoms with Crippen molar-refractivity contribution in [2.24, 2.45) is 34.5 Å². The number of primary amides is 1. The molecule has 0 spiro atoms. The first kappa shape index (κ1) is 35.0. The van der Waals surface area contributed by atoms with E-state index in [-0.39, 0.29) is 23.1 Å². The number of ketones is 4. The Balaban J connectivity index is 1.66. The highest BCUT2D eigenvalue weighted by Gasteiger charge is 2.78. The van der Waals surface area contributed by atoms with Gasteiger partial charge in [-0.15, -0.1) is 0 Å². The molecule has 2 amide bonds. The van der Waals surface area contributed by atoms with Crippen molar-refractivity contribution in [3.05, 3.63) is 53.1 Å². The predicted molar refractivity (Wildman–Crippen MR) is 167 cm³/mol. The number of methoxy groups -OCH3 is 1. The molecule has 2 fully saturated rings. The number of fused-ring (bicyclic) bond motifs is 3. The quantitative estimate of drug-likeness (QED) is 0.134. The van der Waals surface area contributed by atoms with Gasteiger partial charge in [0.1, 0.15) is 11.7 Å². The fourth-order valence-electron chi connectivity index (χ4n) is 7.87. The third kappa shape index (κ3) is 4.84. The van der Waals surface area contributed by atoms with Crippen LogP contribution in [0.5, 0.6) is 5.75 Å². The number of phenols is 1. The number of nitrogens with two attached hydrogens (primary N) is 3. The molecule has 16 heteroatoms. The summed E-state index contributed by atoms with van der Waals surface area (Å²) in [7, 11) is 3.90. The highest BCUT2D eigenvalue weighted by atomic mass is 16.5. The minimum Gasteiger partial charge on any atom is -0.507 e. The van der Waals surface area contributed by atoms with Crippen LogP contribution in [0, 0.1) is 28.6 Å². The number of nitrogens with zero attached hydrogens (tertiary/aromatic N) is 2. The van der Waals surface area contributed by atoms with Gasteiger partial charge < -0.3 is 37.5 Å². The van der Waals surface area contributed by atoms with Gasteiger partial charge in [0, 0.05) is 11.1 Å². The van der Waals surface area contributed by atoms with Crippen LogP contribution < -0.4 is 22.5 Å². The van der Waals surface area contributed by atoms with Crippen molar-refractivity contribution in [3.8, 4) is 22.9 Å². The molecular weight excluding hydrogens is 640 g/mol. The Labute approximate surface area is 279 Å². The molecule has 0 heterocycles. The second-order valence-corrected chi connectivity index (χ2v) is 12.9. The first-order valence-electron chi connectivity index (χ1n) is 15.0. The van der Waals surface area contributed by atoms with Gasteiger partial charge in [0.05, 0.1) is 36.9 Å². The lowest BCUT2D eigenvalue weighted by atomic mass is 9.42. The number of amides is 2. The maximum absolute atomic E-state index is 14.5. The number of esters is 1. The van der Waals surface area contributed by atoms with Crippen molar-refractivity contribution in [1.29, 1.82) is 5.26 Å². The van der Waals surface area contributed by atoms with Crippen molar-refractivity contribution in [2.45, 2.75) is 36.0 Å². The first-order chi connectivity index (χ1) is 22.9. The maximum atomic E-state index is 14.5. The number of likely N-dealkylation sites (N-methyl/N-ethyl adjacent to an activating group) is 1. The number of hydrogen-bond donors (Lipinski definition) is 6. The molecule has 2 aromatic carbocycles. The summed E-state index contributed by atoms with van der Waals surface area (Å²) in [6, 6.07) is 7.38. The Morgan fingerprint density at radius 2 is 1.80 bits per heavy atom. The fourth-order valence-corrected chi connectivity index (χ4v) is 7.87. The summed E-state index contributed by atoms with van der Waals surface area (Å²) >= 11 is 0. The van der Waals surface area contributed by atoms with Gasteiger partial charge in [-0.2, -0.15) is 5.26 Å². The molecule has 7 atom stereocenters. The summed E-state index contributed by atoms with van der Waals surface area (Å²) in [6.07, 6.45) is -0.906. The van der Waals surface area contributed by atoms with E-state index in [4.69, 9.17) is 17.2 Å². The number of ether oxygens (including phenoxy) is 1. The number of benzene rings is 2. The van der Waals surface area contributed by atoms with Gasteiger partial charge in [-0.3, -0.25) is 33.7 Å².